The van der Waals surface area contributed by atoms with E-state index in [0.29, 0.717) is 0 Å². The average molecular weight is 338 g/mol. The number of imidazole rings is 1. The molecule has 5 nitrogen and oxygen atoms in total. The lowest BCUT2D eigenvalue weighted by molar-refractivity contribution is 0.422. The molecule has 0 fully saturated rings. The lowest BCUT2D eigenvalue weighted by atomic mass is 10.1. The Balaban J connectivity index is 1.59. The molecule has 124 valence electrons. The van der Waals surface area contributed by atoms with Gasteiger partial charge in [-0.05, 0) is 35.9 Å². The first-order chi connectivity index (χ1) is 12.9. The highest BCUT2D eigenvalue weighted by Gasteiger charge is 2.09. The molecule has 5 rings (SSSR count). The third-order valence-electron chi connectivity index (χ3n) is 4.40. The van der Waals surface area contributed by atoms with Gasteiger partial charge in [0.2, 0.25) is 0 Å². The fourth-order valence-electron chi connectivity index (χ4n) is 3.11. The summed E-state index contributed by atoms with van der Waals surface area (Å²) < 4.78 is 7.02. The molecule has 0 saturated carbocycles. The van der Waals surface area contributed by atoms with Crippen LogP contribution in [0.3, 0.4) is 0 Å². The lowest BCUT2D eigenvalue weighted by Gasteiger charge is -2.08. The lowest BCUT2D eigenvalue weighted by Crippen LogP contribution is -1.92. The maximum atomic E-state index is 4.93. The van der Waals surface area contributed by atoms with E-state index in [9.17, 15) is 0 Å². The Bertz CT molecular complexity index is 1180. The molecule has 2 aromatic carbocycles. The molecule has 3 heterocycles. The van der Waals surface area contributed by atoms with Gasteiger partial charge in [-0.1, -0.05) is 29.4 Å². The van der Waals surface area contributed by atoms with Crippen molar-refractivity contribution in [2.45, 2.75) is 0 Å². The number of aromatic nitrogens is 4. The van der Waals surface area contributed by atoms with E-state index < -0.39 is 0 Å². The molecule has 0 aliphatic heterocycles. The highest BCUT2D eigenvalue weighted by atomic mass is 16.5. The van der Waals surface area contributed by atoms with Crippen LogP contribution in [-0.2, 0) is 0 Å². The number of pyridine rings is 1. The molecule has 3 aromatic heterocycles. The van der Waals surface area contributed by atoms with Crippen molar-refractivity contribution in [1.82, 2.24) is 19.7 Å². The highest BCUT2D eigenvalue weighted by molar-refractivity contribution is 5.83. The number of hydrogen-bond donors (Lipinski definition) is 0. The Kier molecular flexibility index (Phi) is 3.35. The minimum absolute atomic E-state index is 0.806. The standard InChI is InChI=1S/C21H14N4O/c1-3-15(17-4-2-9-22-13-17)11-18(5-1)25-14-23-20-12-16(6-7-21(20)25)19-8-10-26-24-19/h1-14H. The zero-order chi connectivity index (χ0) is 17.3. The molecule has 0 saturated heterocycles. The quantitative estimate of drug-likeness (QED) is 0.477. The van der Waals surface area contributed by atoms with Crippen molar-refractivity contribution >= 4 is 11.0 Å². The van der Waals surface area contributed by atoms with Crippen molar-refractivity contribution in [2.75, 3.05) is 0 Å². The van der Waals surface area contributed by atoms with E-state index in [1.165, 1.54) is 0 Å². The Morgan fingerprint density at radius 3 is 2.65 bits per heavy atom. The summed E-state index contributed by atoms with van der Waals surface area (Å²) in [6.07, 6.45) is 7.07. The molecule has 0 bridgehead atoms. The molecule has 0 aliphatic carbocycles. The molecular formula is C21H14N4O. The summed E-state index contributed by atoms with van der Waals surface area (Å²) in [5.41, 5.74) is 7.02. The summed E-state index contributed by atoms with van der Waals surface area (Å²) in [5.74, 6) is 0. The van der Waals surface area contributed by atoms with Gasteiger partial charge in [0, 0.05) is 35.3 Å². The average Bonchev–Trinajstić information content (AvgIpc) is 3.38. The molecule has 0 amide bonds. The van der Waals surface area contributed by atoms with Gasteiger partial charge in [0.1, 0.15) is 18.3 Å². The summed E-state index contributed by atoms with van der Waals surface area (Å²) >= 11 is 0. The maximum absolute atomic E-state index is 4.93. The molecule has 0 spiro atoms. The second-order valence-corrected chi connectivity index (χ2v) is 5.99. The summed E-state index contributed by atoms with van der Waals surface area (Å²) in [6.45, 7) is 0. The van der Waals surface area contributed by atoms with Crippen LogP contribution in [0.4, 0.5) is 0 Å². The van der Waals surface area contributed by atoms with E-state index in [1.807, 2.05) is 42.9 Å². The van der Waals surface area contributed by atoms with Gasteiger partial charge in [-0.15, -0.1) is 0 Å². The zero-order valence-electron chi connectivity index (χ0n) is 13.8. The van der Waals surface area contributed by atoms with Gasteiger partial charge in [-0.3, -0.25) is 9.55 Å². The maximum Gasteiger partial charge on any atom is 0.124 e. The highest BCUT2D eigenvalue weighted by Crippen LogP contribution is 2.26. The van der Waals surface area contributed by atoms with Crippen molar-refractivity contribution in [3.63, 3.8) is 0 Å². The van der Waals surface area contributed by atoms with Crippen LogP contribution < -0.4 is 0 Å². The number of hydrogen-bond acceptors (Lipinski definition) is 4. The topological polar surface area (TPSA) is 56.7 Å². The molecule has 26 heavy (non-hydrogen) atoms. The summed E-state index contributed by atoms with van der Waals surface area (Å²) in [6, 6.07) is 20.3. The van der Waals surface area contributed by atoms with Crippen LogP contribution in [0.5, 0.6) is 0 Å². The third-order valence-corrected chi connectivity index (χ3v) is 4.40. The van der Waals surface area contributed by atoms with Gasteiger partial charge in [-0.2, -0.15) is 0 Å². The number of benzene rings is 2. The van der Waals surface area contributed by atoms with Gasteiger partial charge in [-0.25, -0.2) is 4.98 Å². The largest absolute Gasteiger partial charge is 0.364 e. The minimum atomic E-state index is 0.806. The Labute approximate surface area is 149 Å². The summed E-state index contributed by atoms with van der Waals surface area (Å²) in [4.78, 5) is 8.76. The fraction of sp³-hybridized carbons (Fsp3) is 0. The predicted octanol–water partition coefficient (Wildman–Crippen LogP) is 4.74. The smallest absolute Gasteiger partial charge is 0.124 e. The Morgan fingerprint density at radius 1 is 0.846 bits per heavy atom. The van der Waals surface area contributed by atoms with Gasteiger partial charge in [0.15, 0.2) is 0 Å². The van der Waals surface area contributed by atoms with Crippen molar-refractivity contribution in [3.05, 3.63) is 85.6 Å². The van der Waals surface area contributed by atoms with Crippen LogP contribution >= 0.6 is 0 Å². The van der Waals surface area contributed by atoms with Crippen LogP contribution in [0.25, 0.3) is 39.1 Å². The van der Waals surface area contributed by atoms with E-state index >= 15 is 0 Å². The molecule has 5 aromatic rings. The second kappa shape index (κ2) is 5.97. The third kappa shape index (κ3) is 2.46. The first-order valence-electron chi connectivity index (χ1n) is 8.27. The van der Waals surface area contributed by atoms with Crippen molar-refractivity contribution < 1.29 is 4.52 Å². The van der Waals surface area contributed by atoms with Crippen LogP contribution in [-0.4, -0.2) is 19.7 Å². The van der Waals surface area contributed by atoms with Crippen LogP contribution in [0.15, 0.2) is 90.2 Å². The van der Waals surface area contributed by atoms with Crippen molar-refractivity contribution in [1.29, 1.82) is 0 Å². The summed E-state index contributed by atoms with van der Waals surface area (Å²) in [5, 5.41) is 3.99. The molecular weight excluding hydrogens is 324 g/mol. The first kappa shape index (κ1) is 14.6. The molecule has 0 atom stereocenters. The monoisotopic (exact) mass is 338 g/mol. The Hall–Kier alpha value is -3.73. The molecule has 5 heteroatoms. The van der Waals surface area contributed by atoms with E-state index in [0.717, 1.165) is 39.1 Å². The number of fused-ring (bicyclic) bond motifs is 1. The minimum Gasteiger partial charge on any atom is -0.364 e. The zero-order valence-corrected chi connectivity index (χ0v) is 13.8. The molecule has 0 unspecified atom stereocenters. The van der Waals surface area contributed by atoms with Crippen LogP contribution in [0, 0.1) is 0 Å². The predicted molar refractivity (Wildman–Crippen MR) is 99.8 cm³/mol. The van der Waals surface area contributed by atoms with E-state index in [2.05, 4.69) is 50.0 Å². The van der Waals surface area contributed by atoms with Gasteiger partial charge in [0.05, 0.1) is 11.0 Å². The van der Waals surface area contributed by atoms with Crippen LogP contribution in [0.2, 0.25) is 0 Å². The molecule has 0 aliphatic rings. The van der Waals surface area contributed by atoms with E-state index in [1.54, 1.807) is 12.5 Å². The van der Waals surface area contributed by atoms with E-state index in [4.69, 9.17) is 4.52 Å². The summed E-state index contributed by atoms with van der Waals surface area (Å²) in [7, 11) is 0. The Morgan fingerprint density at radius 2 is 1.81 bits per heavy atom. The van der Waals surface area contributed by atoms with Crippen molar-refractivity contribution in [2.24, 2.45) is 0 Å². The SMILES string of the molecule is c1cncc(-c2cccc(-n3cnc4cc(-c5ccon5)ccc43)c2)c1. The van der Waals surface area contributed by atoms with Gasteiger partial charge in [0.25, 0.3) is 0 Å². The van der Waals surface area contributed by atoms with E-state index in [-0.39, 0.29) is 0 Å². The number of rotatable bonds is 3. The second-order valence-electron chi connectivity index (χ2n) is 5.99. The van der Waals surface area contributed by atoms with Crippen LogP contribution in [0.1, 0.15) is 0 Å². The number of nitrogens with zero attached hydrogens (tertiary/aromatic N) is 4. The van der Waals surface area contributed by atoms with Crippen molar-refractivity contribution in [3.8, 4) is 28.1 Å². The van der Waals surface area contributed by atoms with Gasteiger partial charge < -0.3 is 4.52 Å². The normalized spacial score (nSPS) is 11.1. The fourth-order valence-corrected chi connectivity index (χ4v) is 3.11. The molecule has 0 radical (unpaired) electrons. The molecule has 0 N–H and O–H groups in total. The first-order valence-corrected chi connectivity index (χ1v) is 8.27. The van der Waals surface area contributed by atoms with Gasteiger partial charge >= 0.3 is 0 Å².